The molecule has 0 spiro atoms. The molecule has 0 aliphatic heterocycles. The molecule has 0 saturated carbocycles. The van der Waals surface area contributed by atoms with E-state index in [9.17, 15) is 0 Å². The number of hydrogen-bond donors (Lipinski definition) is 0. The summed E-state index contributed by atoms with van der Waals surface area (Å²) in [5, 5.41) is 0. The van der Waals surface area contributed by atoms with Gasteiger partial charge in [0.1, 0.15) is 0 Å². The second-order valence-corrected chi connectivity index (χ2v) is 8.85. The molecule has 3 heteroatoms. The van der Waals surface area contributed by atoms with E-state index in [0.717, 1.165) is 12.2 Å². The first-order valence-corrected chi connectivity index (χ1v) is 11.3. The van der Waals surface area contributed by atoms with Crippen LogP contribution in [0.5, 0.6) is 0 Å². The number of nitrogens with zero attached hydrogens (tertiary/aromatic N) is 2. The number of rotatable bonds is 7. The van der Waals surface area contributed by atoms with Crippen molar-refractivity contribution in [3.05, 3.63) is 119 Å². The van der Waals surface area contributed by atoms with Gasteiger partial charge in [0, 0.05) is 31.1 Å². The van der Waals surface area contributed by atoms with Crippen molar-refractivity contribution in [1.29, 1.82) is 0 Å². The van der Waals surface area contributed by atoms with Crippen molar-refractivity contribution in [2.24, 2.45) is 0 Å². The van der Waals surface area contributed by atoms with Crippen LogP contribution in [0.15, 0.2) is 97.1 Å². The predicted octanol–water partition coefficient (Wildman–Crippen LogP) is 7.77. The van der Waals surface area contributed by atoms with E-state index < -0.39 is 0 Å². The summed E-state index contributed by atoms with van der Waals surface area (Å²) in [5.74, 6) is 0. The summed E-state index contributed by atoms with van der Waals surface area (Å²) in [4.78, 5) is 2.27. The van der Waals surface area contributed by atoms with Crippen molar-refractivity contribution < 1.29 is 0 Å². The number of halogens is 1. The Bertz CT molecular complexity index is 1040. The Hall–Kier alpha value is -3.23. The van der Waals surface area contributed by atoms with E-state index >= 15 is 0 Å². The molecule has 2 nitrogen and oxygen atoms in total. The van der Waals surface area contributed by atoms with Crippen molar-refractivity contribution in [2.75, 3.05) is 16.4 Å². The van der Waals surface area contributed by atoms with Crippen molar-refractivity contribution in [1.82, 2.24) is 0 Å². The van der Waals surface area contributed by atoms with Gasteiger partial charge in [-0.3, -0.25) is 4.42 Å². The van der Waals surface area contributed by atoms with Gasteiger partial charge in [-0.1, -0.05) is 83.9 Å². The van der Waals surface area contributed by atoms with E-state index in [1.54, 1.807) is 4.42 Å². The van der Waals surface area contributed by atoms with E-state index in [1.807, 2.05) is 0 Å². The molecule has 162 valence electrons. The van der Waals surface area contributed by atoms with Gasteiger partial charge in [0.25, 0.3) is 0 Å². The molecule has 0 unspecified atom stereocenters. The fraction of sp³-hybridized carbons (Fsp3) is 0.172. The van der Waals surface area contributed by atoms with Crippen LogP contribution in [0.1, 0.15) is 22.3 Å². The summed E-state index contributed by atoms with van der Waals surface area (Å²) in [7, 11) is 2.13. The highest BCUT2D eigenvalue weighted by molar-refractivity contribution is 6.25. The summed E-state index contributed by atoms with van der Waals surface area (Å²) in [6.45, 7) is 5.74. The van der Waals surface area contributed by atoms with Crippen molar-refractivity contribution in [3.63, 3.8) is 0 Å². The molecule has 32 heavy (non-hydrogen) atoms. The SMILES string of the molecule is Cc1ccc(N(C)Cc2ccc(-c3ccc(CN(Cl)c4ccc(C)cc4)cc3)cc2)cc1. The zero-order chi connectivity index (χ0) is 22.5. The van der Waals surface area contributed by atoms with E-state index in [-0.39, 0.29) is 0 Å². The average Bonchev–Trinajstić information content (AvgIpc) is 2.81. The average molecular weight is 441 g/mol. The molecule has 0 radical (unpaired) electrons. The standard InChI is InChI=1S/C29H29ClN2/c1-22-4-16-28(17-5-22)31(3)20-24-8-12-26(13-9-24)27-14-10-25(11-15-27)21-32(30)29-18-6-23(2)7-19-29/h4-19H,20-21H2,1-3H3. The first-order chi connectivity index (χ1) is 15.5. The minimum Gasteiger partial charge on any atom is -0.370 e. The molecule has 0 N–H and O–H groups in total. The van der Waals surface area contributed by atoms with Crippen LogP contribution in [0.2, 0.25) is 0 Å². The van der Waals surface area contributed by atoms with E-state index in [0.29, 0.717) is 6.54 Å². The van der Waals surface area contributed by atoms with E-state index in [2.05, 4.69) is 123 Å². The maximum absolute atomic E-state index is 6.49. The zero-order valence-electron chi connectivity index (χ0n) is 18.9. The monoisotopic (exact) mass is 440 g/mol. The third kappa shape index (κ3) is 5.52. The Morgan fingerprint density at radius 1 is 0.531 bits per heavy atom. The summed E-state index contributed by atoms with van der Waals surface area (Å²) < 4.78 is 1.76. The topological polar surface area (TPSA) is 6.48 Å². The largest absolute Gasteiger partial charge is 0.370 e. The van der Waals surface area contributed by atoms with Gasteiger partial charge < -0.3 is 4.90 Å². The van der Waals surface area contributed by atoms with Crippen LogP contribution < -0.4 is 9.32 Å². The number of anilines is 2. The number of benzene rings is 4. The van der Waals surface area contributed by atoms with Gasteiger partial charge in [-0.15, -0.1) is 0 Å². The highest BCUT2D eigenvalue weighted by atomic mass is 35.5. The lowest BCUT2D eigenvalue weighted by atomic mass is 10.0. The normalized spacial score (nSPS) is 10.8. The first-order valence-electron chi connectivity index (χ1n) is 10.9. The van der Waals surface area contributed by atoms with E-state index in [1.165, 1.54) is 39.1 Å². The van der Waals surface area contributed by atoms with Gasteiger partial charge in [-0.2, -0.15) is 0 Å². The van der Waals surface area contributed by atoms with Crippen LogP contribution in [-0.4, -0.2) is 7.05 Å². The Kier molecular flexibility index (Phi) is 6.82. The smallest absolute Gasteiger partial charge is 0.0599 e. The fourth-order valence-electron chi connectivity index (χ4n) is 3.73. The summed E-state index contributed by atoms with van der Waals surface area (Å²) in [6, 6.07) is 34.4. The second-order valence-electron chi connectivity index (χ2n) is 8.44. The molecule has 4 aromatic carbocycles. The lowest BCUT2D eigenvalue weighted by Crippen LogP contribution is -2.16. The minimum atomic E-state index is 0.662. The van der Waals surface area contributed by atoms with Crippen molar-refractivity contribution >= 4 is 23.2 Å². The molecule has 4 rings (SSSR count). The van der Waals surface area contributed by atoms with Gasteiger partial charge in [0.05, 0.1) is 12.2 Å². The molecule has 0 aliphatic rings. The van der Waals surface area contributed by atoms with E-state index in [4.69, 9.17) is 11.8 Å². The molecule has 0 aromatic heterocycles. The third-order valence-corrected chi connectivity index (χ3v) is 6.09. The van der Waals surface area contributed by atoms with Gasteiger partial charge in [0.2, 0.25) is 0 Å². The highest BCUT2D eigenvalue weighted by Gasteiger charge is 2.06. The molecule has 0 bridgehead atoms. The molecule has 0 fully saturated rings. The van der Waals surface area contributed by atoms with Crippen molar-refractivity contribution in [2.45, 2.75) is 26.9 Å². The Balaban J connectivity index is 1.38. The quantitative estimate of drug-likeness (QED) is 0.271. The maximum atomic E-state index is 6.49. The van der Waals surface area contributed by atoms with Gasteiger partial charge in [0.15, 0.2) is 0 Å². The summed E-state index contributed by atoms with van der Waals surface area (Å²) in [6.07, 6.45) is 0. The van der Waals surface area contributed by atoms with Crippen LogP contribution in [0.4, 0.5) is 11.4 Å². The number of aryl methyl sites for hydroxylation is 2. The second kappa shape index (κ2) is 9.93. The Morgan fingerprint density at radius 3 is 1.41 bits per heavy atom. The van der Waals surface area contributed by atoms with Gasteiger partial charge in [-0.05, 0) is 60.4 Å². The molecular weight excluding hydrogens is 412 g/mol. The van der Waals surface area contributed by atoms with Crippen LogP contribution in [-0.2, 0) is 13.1 Å². The lowest BCUT2D eigenvalue weighted by molar-refractivity contribution is 0.923. The predicted molar refractivity (Wildman–Crippen MR) is 138 cm³/mol. The molecule has 0 aliphatic carbocycles. The zero-order valence-corrected chi connectivity index (χ0v) is 19.7. The third-order valence-electron chi connectivity index (χ3n) is 5.77. The van der Waals surface area contributed by atoms with Crippen LogP contribution in [0, 0.1) is 13.8 Å². The van der Waals surface area contributed by atoms with Crippen LogP contribution in [0.25, 0.3) is 11.1 Å². The van der Waals surface area contributed by atoms with Gasteiger partial charge >= 0.3 is 0 Å². The maximum Gasteiger partial charge on any atom is 0.0599 e. The lowest BCUT2D eigenvalue weighted by Gasteiger charge is -2.20. The van der Waals surface area contributed by atoms with Crippen LogP contribution in [0.3, 0.4) is 0 Å². The minimum absolute atomic E-state index is 0.662. The Morgan fingerprint density at radius 2 is 0.938 bits per heavy atom. The Labute approximate surface area is 196 Å². The molecule has 0 heterocycles. The van der Waals surface area contributed by atoms with Crippen LogP contribution >= 0.6 is 11.8 Å². The first kappa shape index (κ1) is 22.0. The molecule has 0 atom stereocenters. The molecule has 0 saturated heterocycles. The van der Waals surface area contributed by atoms with Gasteiger partial charge in [-0.25, -0.2) is 0 Å². The highest BCUT2D eigenvalue weighted by Crippen LogP contribution is 2.24. The summed E-state index contributed by atoms with van der Waals surface area (Å²) >= 11 is 6.49. The molecule has 0 amide bonds. The van der Waals surface area contributed by atoms with Crippen molar-refractivity contribution in [3.8, 4) is 11.1 Å². The summed E-state index contributed by atoms with van der Waals surface area (Å²) in [5.41, 5.74) is 9.66. The fourth-order valence-corrected chi connectivity index (χ4v) is 3.98. The molecular formula is C29H29ClN2. The molecule has 4 aromatic rings. The number of hydrogen-bond acceptors (Lipinski definition) is 2.